The van der Waals surface area contributed by atoms with Gasteiger partial charge in [-0.1, -0.05) is 37.6 Å². The van der Waals surface area contributed by atoms with E-state index >= 15 is 0 Å². The van der Waals surface area contributed by atoms with E-state index < -0.39 is 0 Å². The van der Waals surface area contributed by atoms with Gasteiger partial charge in [0, 0.05) is 12.0 Å². The molecule has 1 aromatic carbocycles. The van der Waals surface area contributed by atoms with Crippen LogP contribution in [0, 0.1) is 19.3 Å². The second kappa shape index (κ2) is 2.83. The van der Waals surface area contributed by atoms with Crippen LogP contribution in [0.3, 0.4) is 0 Å². The molecule has 0 saturated heterocycles. The van der Waals surface area contributed by atoms with Gasteiger partial charge < -0.3 is 5.73 Å². The summed E-state index contributed by atoms with van der Waals surface area (Å²) in [5.74, 6) is 0.558. The Morgan fingerprint density at radius 2 is 1.79 bits per heavy atom. The van der Waals surface area contributed by atoms with Gasteiger partial charge in [0.25, 0.3) is 0 Å². The van der Waals surface area contributed by atoms with E-state index in [2.05, 4.69) is 45.9 Å². The van der Waals surface area contributed by atoms with Crippen LogP contribution < -0.4 is 5.73 Å². The number of nitrogens with two attached hydrogens (primary N) is 1. The van der Waals surface area contributed by atoms with Crippen molar-refractivity contribution in [3.8, 4) is 0 Å². The van der Waals surface area contributed by atoms with Crippen molar-refractivity contribution in [3.05, 3.63) is 34.9 Å². The second-order valence-corrected chi connectivity index (χ2v) is 5.18. The summed E-state index contributed by atoms with van der Waals surface area (Å²) in [5.41, 5.74) is 10.5. The molecule has 1 nitrogen and oxygen atoms in total. The lowest BCUT2D eigenvalue weighted by Gasteiger charge is -2.08. The van der Waals surface area contributed by atoms with E-state index in [0.29, 0.717) is 17.4 Å². The quantitative estimate of drug-likeness (QED) is 0.722. The van der Waals surface area contributed by atoms with Crippen molar-refractivity contribution >= 4 is 0 Å². The summed E-state index contributed by atoms with van der Waals surface area (Å²) < 4.78 is 0. The minimum atomic E-state index is 0.290. The molecule has 1 aromatic rings. The number of hydrogen-bond acceptors (Lipinski definition) is 1. The average Bonchev–Trinajstić information content (AvgIpc) is 2.58. The lowest BCUT2D eigenvalue weighted by atomic mass is 9.97. The van der Waals surface area contributed by atoms with E-state index in [-0.39, 0.29) is 0 Å². The summed E-state index contributed by atoms with van der Waals surface area (Å²) in [6.45, 7) is 8.83. The first-order valence-electron chi connectivity index (χ1n) is 5.27. The maximum Gasteiger partial charge on any atom is 0.0172 e. The molecule has 14 heavy (non-hydrogen) atoms. The summed E-state index contributed by atoms with van der Waals surface area (Å²) in [5, 5.41) is 0. The van der Waals surface area contributed by atoms with E-state index in [4.69, 9.17) is 5.73 Å². The average molecular weight is 189 g/mol. The normalized spacial score (nSPS) is 28.9. The summed E-state index contributed by atoms with van der Waals surface area (Å²) in [6, 6.07) is 6.99. The fraction of sp³-hybridized carbons (Fsp3) is 0.538. The Morgan fingerprint density at radius 3 is 2.29 bits per heavy atom. The molecule has 1 saturated carbocycles. The fourth-order valence-corrected chi connectivity index (χ4v) is 2.37. The van der Waals surface area contributed by atoms with Crippen molar-refractivity contribution in [3.63, 3.8) is 0 Å². The maximum atomic E-state index is 6.10. The number of aryl methyl sites for hydroxylation is 2. The molecule has 0 spiro atoms. The summed E-state index contributed by atoms with van der Waals surface area (Å²) in [6.07, 6.45) is 0. The third-order valence-corrected chi connectivity index (χ3v) is 3.68. The van der Waals surface area contributed by atoms with Gasteiger partial charge in [0.05, 0.1) is 0 Å². The molecule has 76 valence electrons. The van der Waals surface area contributed by atoms with E-state index in [1.165, 1.54) is 16.7 Å². The molecule has 0 radical (unpaired) electrons. The van der Waals surface area contributed by atoms with Gasteiger partial charge in [0.15, 0.2) is 0 Å². The Morgan fingerprint density at radius 1 is 1.21 bits per heavy atom. The minimum absolute atomic E-state index is 0.290. The first-order chi connectivity index (χ1) is 6.44. The minimum Gasteiger partial charge on any atom is -0.327 e. The number of benzene rings is 1. The van der Waals surface area contributed by atoms with Crippen LogP contribution >= 0.6 is 0 Å². The smallest absolute Gasteiger partial charge is 0.0172 e. The van der Waals surface area contributed by atoms with Crippen molar-refractivity contribution in [1.82, 2.24) is 0 Å². The molecule has 2 unspecified atom stereocenters. The van der Waals surface area contributed by atoms with Gasteiger partial charge in [0.1, 0.15) is 0 Å². The van der Waals surface area contributed by atoms with Crippen molar-refractivity contribution in [2.45, 2.75) is 39.7 Å². The van der Waals surface area contributed by atoms with Crippen LogP contribution in [0.15, 0.2) is 18.2 Å². The highest BCUT2D eigenvalue weighted by atomic mass is 14.8. The van der Waals surface area contributed by atoms with E-state index in [9.17, 15) is 0 Å². The molecule has 2 N–H and O–H groups in total. The van der Waals surface area contributed by atoms with Crippen LogP contribution in [-0.2, 0) is 0 Å². The summed E-state index contributed by atoms with van der Waals surface area (Å²) in [7, 11) is 0. The van der Waals surface area contributed by atoms with E-state index in [1.54, 1.807) is 0 Å². The standard InChI is InChI=1S/C13H19N/c1-8-5-6-9(2)10(7-8)11-12(14)13(11,3)4/h5-7,11-12H,14H2,1-4H3. The predicted octanol–water partition coefficient (Wildman–Crippen LogP) is 2.75. The third kappa shape index (κ3) is 1.27. The van der Waals surface area contributed by atoms with Gasteiger partial charge in [0.2, 0.25) is 0 Å². The summed E-state index contributed by atoms with van der Waals surface area (Å²) in [4.78, 5) is 0. The van der Waals surface area contributed by atoms with Crippen molar-refractivity contribution in [2.75, 3.05) is 0 Å². The zero-order valence-electron chi connectivity index (χ0n) is 9.46. The highest BCUT2D eigenvalue weighted by Crippen LogP contribution is 2.57. The lowest BCUT2D eigenvalue weighted by molar-refractivity contribution is 0.598. The highest BCUT2D eigenvalue weighted by molar-refractivity contribution is 5.41. The molecule has 1 aliphatic rings. The zero-order chi connectivity index (χ0) is 10.5. The molecule has 0 aliphatic heterocycles. The van der Waals surface area contributed by atoms with Crippen LogP contribution in [0.4, 0.5) is 0 Å². The van der Waals surface area contributed by atoms with Crippen LogP contribution in [0.5, 0.6) is 0 Å². The van der Waals surface area contributed by atoms with Gasteiger partial charge in [-0.2, -0.15) is 0 Å². The molecule has 1 heteroatoms. The molecule has 0 amide bonds. The number of rotatable bonds is 1. The zero-order valence-corrected chi connectivity index (χ0v) is 9.46. The second-order valence-electron chi connectivity index (χ2n) is 5.18. The lowest BCUT2D eigenvalue weighted by Crippen LogP contribution is -2.06. The van der Waals surface area contributed by atoms with Crippen molar-refractivity contribution in [2.24, 2.45) is 11.1 Å². The van der Waals surface area contributed by atoms with Crippen molar-refractivity contribution < 1.29 is 0 Å². The molecule has 0 aromatic heterocycles. The molecule has 0 bridgehead atoms. The van der Waals surface area contributed by atoms with Gasteiger partial charge >= 0.3 is 0 Å². The van der Waals surface area contributed by atoms with Gasteiger partial charge in [-0.25, -0.2) is 0 Å². The van der Waals surface area contributed by atoms with Gasteiger partial charge in [-0.3, -0.25) is 0 Å². The van der Waals surface area contributed by atoms with Crippen LogP contribution in [0.2, 0.25) is 0 Å². The predicted molar refractivity (Wildman–Crippen MR) is 60.4 cm³/mol. The first kappa shape index (κ1) is 9.72. The van der Waals surface area contributed by atoms with Gasteiger partial charge in [-0.05, 0) is 30.4 Å². The van der Waals surface area contributed by atoms with Crippen LogP contribution in [0.25, 0.3) is 0 Å². The largest absolute Gasteiger partial charge is 0.327 e. The van der Waals surface area contributed by atoms with E-state index in [0.717, 1.165) is 0 Å². The fourth-order valence-electron chi connectivity index (χ4n) is 2.37. The molecule has 0 heterocycles. The Labute approximate surface area is 86.3 Å². The third-order valence-electron chi connectivity index (χ3n) is 3.68. The maximum absolute atomic E-state index is 6.10. The Bertz CT molecular complexity index is 365. The Hall–Kier alpha value is -0.820. The van der Waals surface area contributed by atoms with Gasteiger partial charge in [-0.15, -0.1) is 0 Å². The topological polar surface area (TPSA) is 26.0 Å². The highest BCUT2D eigenvalue weighted by Gasteiger charge is 2.56. The SMILES string of the molecule is Cc1ccc(C)c(C2C(N)C2(C)C)c1. The van der Waals surface area contributed by atoms with Crippen LogP contribution in [-0.4, -0.2) is 6.04 Å². The molecular formula is C13H19N. The molecular weight excluding hydrogens is 170 g/mol. The molecule has 2 rings (SSSR count). The Kier molecular flexibility index (Phi) is 1.97. The molecule has 1 aliphatic carbocycles. The van der Waals surface area contributed by atoms with Crippen LogP contribution in [0.1, 0.15) is 36.5 Å². The Balaban J connectivity index is 2.39. The first-order valence-corrected chi connectivity index (χ1v) is 5.27. The molecule has 1 fully saturated rings. The monoisotopic (exact) mass is 189 g/mol. The summed E-state index contributed by atoms with van der Waals surface area (Å²) >= 11 is 0. The van der Waals surface area contributed by atoms with E-state index in [1.807, 2.05) is 0 Å². The van der Waals surface area contributed by atoms with Crippen molar-refractivity contribution in [1.29, 1.82) is 0 Å². The molecule has 2 atom stereocenters. The number of hydrogen-bond donors (Lipinski definition) is 1.